The molecule has 0 aromatic carbocycles. The van der Waals surface area contributed by atoms with Crippen LogP contribution < -0.4 is 5.32 Å². The standard InChI is InChI=1S/C9H15NO/c1-4-7-10-8(5-2)9(11)6-3/h4-6,8-11H,1-3,7H2. The van der Waals surface area contributed by atoms with E-state index in [1.807, 2.05) is 0 Å². The number of hydrogen-bond acceptors (Lipinski definition) is 2. The molecule has 11 heavy (non-hydrogen) atoms. The highest BCUT2D eigenvalue weighted by molar-refractivity contribution is 4.99. The van der Waals surface area contributed by atoms with E-state index in [4.69, 9.17) is 0 Å². The highest BCUT2D eigenvalue weighted by atomic mass is 16.3. The van der Waals surface area contributed by atoms with Crippen LogP contribution in [0.25, 0.3) is 0 Å². The smallest absolute Gasteiger partial charge is 0.0907 e. The molecular formula is C9H15NO. The van der Waals surface area contributed by atoms with Crippen molar-refractivity contribution in [3.8, 4) is 0 Å². The van der Waals surface area contributed by atoms with Crippen LogP contribution >= 0.6 is 0 Å². The van der Waals surface area contributed by atoms with E-state index in [-0.39, 0.29) is 6.04 Å². The van der Waals surface area contributed by atoms with Gasteiger partial charge in [0.1, 0.15) is 0 Å². The third kappa shape index (κ3) is 3.75. The van der Waals surface area contributed by atoms with Crippen LogP contribution in [-0.2, 0) is 0 Å². The van der Waals surface area contributed by atoms with Gasteiger partial charge in [0, 0.05) is 6.54 Å². The lowest BCUT2D eigenvalue weighted by atomic mass is 10.1. The minimum atomic E-state index is -0.576. The van der Waals surface area contributed by atoms with Crippen molar-refractivity contribution in [3.05, 3.63) is 38.0 Å². The minimum absolute atomic E-state index is 0.134. The summed E-state index contributed by atoms with van der Waals surface area (Å²) < 4.78 is 0. The first-order chi connectivity index (χ1) is 5.26. The van der Waals surface area contributed by atoms with Gasteiger partial charge in [0.05, 0.1) is 12.1 Å². The molecule has 0 aromatic rings. The van der Waals surface area contributed by atoms with Gasteiger partial charge < -0.3 is 10.4 Å². The molecule has 0 fully saturated rings. The van der Waals surface area contributed by atoms with Crippen LogP contribution in [0.15, 0.2) is 38.0 Å². The summed E-state index contributed by atoms with van der Waals surface area (Å²) in [5.74, 6) is 0. The highest BCUT2D eigenvalue weighted by Crippen LogP contribution is 1.94. The van der Waals surface area contributed by atoms with Gasteiger partial charge in [-0.2, -0.15) is 0 Å². The largest absolute Gasteiger partial charge is 0.387 e. The van der Waals surface area contributed by atoms with Gasteiger partial charge in [-0.25, -0.2) is 0 Å². The molecule has 2 heteroatoms. The zero-order valence-electron chi connectivity index (χ0n) is 6.66. The first-order valence-corrected chi connectivity index (χ1v) is 3.53. The highest BCUT2D eigenvalue weighted by Gasteiger charge is 2.09. The average Bonchev–Trinajstić information content (AvgIpc) is 2.05. The van der Waals surface area contributed by atoms with Crippen LogP contribution in [0, 0.1) is 0 Å². The van der Waals surface area contributed by atoms with Gasteiger partial charge in [0.25, 0.3) is 0 Å². The van der Waals surface area contributed by atoms with Crippen molar-refractivity contribution in [2.45, 2.75) is 12.1 Å². The van der Waals surface area contributed by atoms with Crippen LogP contribution in [0.2, 0.25) is 0 Å². The second-order valence-electron chi connectivity index (χ2n) is 2.18. The van der Waals surface area contributed by atoms with Gasteiger partial charge in [-0.1, -0.05) is 18.2 Å². The topological polar surface area (TPSA) is 32.3 Å². The van der Waals surface area contributed by atoms with Gasteiger partial charge >= 0.3 is 0 Å². The van der Waals surface area contributed by atoms with Crippen molar-refractivity contribution in [1.82, 2.24) is 5.32 Å². The second kappa shape index (κ2) is 5.89. The van der Waals surface area contributed by atoms with Crippen molar-refractivity contribution in [2.24, 2.45) is 0 Å². The predicted molar refractivity (Wildman–Crippen MR) is 48.4 cm³/mol. The lowest BCUT2D eigenvalue weighted by Crippen LogP contribution is -2.36. The molecule has 0 bridgehead atoms. The van der Waals surface area contributed by atoms with Gasteiger partial charge in [-0.15, -0.1) is 19.7 Å². The quantitative estimate of drug-likeness (QED) is 0.555. The number of aliphatic hydroxyl groups excluding tert-OH is 1. The molecule has 2 nitrogen and oxygen atoms in total. The molecular weight excluding hydrogens is 138 g/mol. The summed E-state index contributed by atoms with van der Waals surface area (Å²) >= 11 is 0. The van der Waals surface area contributed by atoms with Crippen LogP contribution in [0.1, 0.15) is 0 Å². The normalized spacial score (nSPS) is 15.0. The molecule has 0 radical (unpaired) electrons. The van der Waals surface area contributed by atoms with Crippen molar-refractivity contribution >= 4 is 0 Å². The fourth-order valence-electron chi connectivity index (χ4n) is 0.710. The maximum absolute atomic E-state index is 9.26. The Labute approximate surface area is 67.9 Å². The van der Waals surface area contributed by atoms with Crippen molar-refractivity contribution in [3.63, 3.8) is 0 Å². The molecule has 62 valence electrons. The Balaban J connectivity index is 3.82. The molecule has 0 heterocycles. The van der Waals surface area contributed by atoms with Crippen LogP contribution in [0.4, 0.5) is 0 Å². The summed E-state index contributed by atoms with van der Waals surface area (Å²) in [6.45, 7) is 11.3. The van der Waals surface area contributed by atoms with E-state index in [0.29, 0.717) is 6.54 Å². The second-order valence-corrected chi connectivity index (χ2v) is 2.18. The maximum Gasteiger partial charge on any atom is 0.0907 e. The molecule has 0 saturated heterocycles. The van der Waals surface area contributed by atoms with Gasteiger partial charge in [-0.3, -0.25) is 0 Å². The van der Waals surface area contributed by atoms with Crippen molar-refractivity contribution in [2.75, 3.05) is 6.54 Å². The number of aliphatic hydroxyl groups is 1. The average molecular weight is 153 g/mol. The summed E-state index contributed by atoms with van der Waals surface area (Å²) in [4.78, 5) is 0. The summed E-state index contributed by atoms with van der Waals surface area (Å²) in [5.41, 5.74) is 0. The molecule has 0 aliphatic heterocycles. The van der Waals surface area contributed by atoms with Crippen LogP contribution in [0.5, 0.6) is 0 Å². The SMILES string of the molecule is C=CCNC(C=C)C(O)C=C. The Morgan fingerprint density at radius 1 is 1.27 bits per heavy atom. The predicted octanol–water partition coefficient (Wildman–Crippen LogP) is 0.863. The minimum Gasteiger partial charge on any atom is -0.387 e. The molecule has 0 saturated carbocycles. The van der Waals surface area contributed by atoms with Crippen molar-refractivity contribution < 1.29 is 5.11 Å². The molecule has 0 aromatic heterocycles. The fraction of sp³-hybridized carbons (Fsp3) is 0.333. The van der Waals surface area contributed by atoms with E-state index in [9.17, 15) is 5.11 Å². The first-order valence-electron chi connectivity index (χ1n) is 3.53. The number of nitrogens with one attached hydrogen (secondary N) is 1. The molecule has 0 amide bonds. The lowest BCUT2D eigenvalue weighted by molar-refractivity contribution is 0.194. The van der Waals surface area contributed by atoms with E-state index >= 15 is 0 Å². The zero-order chi connectivity index (χ0) is 8.69. The van der Waals surface area contributed by atoms with E-state index in [2.05, 4.69) is 25.1 Å². The molecule has 0 aliphatic carbocycles. The van der Waals surface area contributed by atoms with Gasteiger partial charge in [0.2, 0.25) is 0 Å². The molecule has 2 N–H and O–H groups in total. The zero-order valence-corrected chi connectivity index (χ0v) is 6.66. The van der Waals surface area contributed by atoms with Crippen LogP contribution in [0.3, 0.4) is 0 Å². The van der Waals surface area contributed by atoms with E-state index in [1.165, 1.54) is 6.08 Å². The monoisotopic (exact) mass is 153 g/mol. The van der Waals surface area contributed by atoms with Crippen LogP contribution in [-0.4, -0.2) is 23.8 Å². The Kier molecular flexibility index (Phi) is 5.43. The third-order valence-corrected chi connectivity index (χ3v) is 1.36. The van der Waals surface area contributed by atoms with Gasteiger partial charge in [0.15, 0.2) is 0 Å². The van der Waals surface area contributed by atoms with E-state index < -0.39 is 6.10 Å². The molecule has 0 spiro atoms. The third-order valence-electron chi connectivity index (χ3n) is 1.36. The first kappa shape index (κ1) is 10.1. The summed E-state index contributed by atoms with van der Waals surface area (Å²) in [7, 11) is 0. The maximum atomic E-state index is 9.26. The Hall–Kier alpha value is -0.860. The molecule has 2 unspecified atom stereocenters. The summed E-state index contributed by atoms with van der Waals surface area (Å²) in [6, 6.07) is -0.134. The Bertz CT molecular complexity index is 142. The number of hydrogen-bond donors (Lipinski definition) is 2. The molecule has 0 aliphatic rings. The Morgan fingerprint density at radius 3 is 2.27 bits per heavy atom. The van der Waals surface area contributed by atoms with E-state index in [0.717, 1.165) is 0 Å². The summed E-state index contributed by atoms with van der Waals surface area (Å²) in [6.07, 6.45) is 4.28. The Morgan fingerprint density at radius 2 is 1.91 bits per heavy atom. The number of rotatable bonds is 6. The van der Waals surface area contributed by atoms with Gasteiger partial charge in [-0.05, 0) is 0 Å². The fourth-order valence-corrected chi connectivity index (χ4v) is 0.710. The van der Waals surface area contributed by atoms with Crippen molar-refractivity contribution in [1.29, 1.82) is 0 Å². The molecule has 2 atom stereocenters. The van der Waals surface area contributed by atoms with E-state index in [1.54, 1.807) is 12.2 Å². The summed E-state index contributed by atoms with van der Waals surface area (Å²) in [5, 5.41) is 12.3. The molecule has 0 rings (SSSR count). The lowest BCUT2D eigenvalue weighted by Gasteiger charge is -2.16.